The van der Waals surface area contributed by atoms with Crippen molar-refractivity contribution >= 4 is 23.2 Å². The van der Waals surface area contributed by atoms with Gasteiger partial charge in [-0.15, -0.1) is 0 Å². The van der Waals surface area contributed by atoms with Crippen LogP contribution in [0.5, 0.6) is 5.75 Å². The lowest BCUT2D eigenvalue weighted by atomic mass is 9.89. The number of carbonyl (C=O) groups excluding carboxylic acids is 2. The van der Waals surface area contributed by atoms with Gasteiger partial charge < -0.3 is 15.4 Å². The molecule has 0 spiro atoms. The molecule has 0 aliphatic carbocycles. The zero-order valence-electron chi connectivity index (χ0n) is 13.8. The minimum Gasteiger partial charge on any atom is -0.485 e. The van der Waals surface area contributed by atoms with Crippen LogP contribution in [-0.4, -0.2) is 24.8 Å². The number of anilines is 2. The van der Waals surface area contributed by atoms with Crippen LogP contribution < -0.4 is 15.4 Å². The van der Waals surface area contributed by atoms with Crippen molar-refractivity contribution in [3.05, 3.63) is 53.6 Å². The second-order valence-corrected chi connectivity index (χ2v) is 5.87. The Kier molecular flexibility index (Phi) is 5.29. The number of ether oxygens (including phenoxy) is 1. The Bertz CT molecular complexity index is 889. The second-order valence-electron chi connectivity index (χ2n) is 5.87. The van der Waals surface area contributed by atoms with Crippen LogP contribution in [-0.2, 0) is 9.59 Å². The van der Waals surface area contributed by atoms with Gasteiger partial charge in [0.25, 0.3) is 6.43 Å². The van der Waals surface area contributed by atoms with Gasteiger partial charge in [-0.25, -0.2) is 17.6 Å². The van der Waals surface area contributed by atoms with Gasteiger partial charge in [-0.1, -0.05) is 6.07 Å². The summed E-state index contributed by atoms with van der Waals surface area (Å²) >= 11 is 0. The smallest absolute Gasteiger partial charge is 0.272 e. The summed E-state index contributed by atoms with van der Waals surface area (Å²) in [6.07, 6.45) is -2.96. The molecule has 0 aromatic heterocycles. The van der Waals surface area contributed by atoms with Crippen molar-refractivity contribution in [2.45, 2.75) is 18.8 Å². The average Bonchev–Trinajstić information content (AvgIpc) is 2.60. The van der Waals surface area contributed by atoms with Gasteiger partial charge in [-0.05, 0) is 29.8 Å². The summed E-state index contributed by atoms with van der Waals surface area (Å²) in [6, 6.07) is 6.71. The molecular weight excluding hydrogens is 368 g/mol. The van der Waals surface area contributed by atoms with E-state index in [1.165, 1.54) is 12.1 Å². The van der Waals surface area contributed by atoms with Gasteiger partial charge in [0.1, 0.15) is 24.0 Å². The predicted molar refractivity (Wildman–Crippen MR) is 88.9 cm³/mol. The summed E-state index contributed by atoms with van der Waals surface area (Å²) in [5.74, 6) is -3.59. The molecule has 27 heavy (non-hydrogen) atoms. The van der Waals surface area contributed by atoms with E-state index >= 15 is 0 Å². The first kappa shape index (κ1) is 18.7. The summed E-state index contributed by atoms with van der Waals surface area (Å²) in [6.45, 7) is -0.972. The molecule has 142 valence electrons. The van der Waals surface area contributed by atoms with Gasteiger partial charge in [0.05, 0.1) is 11.6 Å². The third-order valence-corrected chi connectivity index (χ3v) is 3.94. The zero-order valence-corrected chi connectivity index (χ0v) is 13.8. The molecule has 0 radical (unpaired) electrons. The third kappa shape index (κ3) is 4.36. The quantitative estimate of drug-likeness (QED) is 0.776. The Morgan fingerprint density at radius 3 is 2.63 bits per heavy atom. The number of nitrogens with one attached hydrogen (secondary N) is 2. The fraction of sp³-hybridized carbons (Fsp3) is 0.222. The van der Waals surface area contributed by atoms with Crippen LogP contribution >= 0.6 is 0 Å². The molecule has 0 fully saturated rings. The van der Waals surface area contributed by atoms with E-state index in [2.05, 4.69) is 10.6 Å². The molecule has 2 amide bonds. The highest BCUT2D eigenvalue weighted by molar-refractivity contribution is 6.05. The Morgan fingerprint density at radius 2 is 1.89 bits per heavy atom. The maximum Gasteiger partial charge on any atom is 0.272 e. The topological polar surface area (TPSA) is 67.4 Å². The molecule has 1 aliphatic rings. The lowest BCUT2D eigenvalue weighted by molar-refractivity contribution is -0.123. The number of halogens is 4. The molecular formula is C18H14F4N2O3. The molecule has 5 nitrogen and oxygen atoms in total. The van der Waals surface area contributed by atoms with Crippen LogP contribution in [0.3, 0.4) is 0 Å². The van der Waals surface area contributed by atoms with Gasteiger partial charge >= 0.3 is 0 Å². The van der Waals surface area contributed by atoms with E-state index in [1.54, 1.807) is 0 Å². The van der Waals surface area contributed by atoms with E-state index in [4.69, 9.17) is 4.74 Å². The monoisotopic (exact) mass is 382 g/mol. The number of hydrogen-bond acceptors (Lipinski definition) is 3. The Labute approximate surface area is 151 Å². The van der Waals surface area contributed by atoms with Crippen molar-refractivity contribution < 1.29 is 31.9 Å². The molecule has 1 atom stereocenters. The Morgan fingerprint density at radius 1 is 1.19 bits per heavy atom. The molecule has 3 rings (SSSR count). The highest BCUT2D eigenvalue weighted by Gasteiger charge is 2.31. The molecule has 0 saturated heterocycles. The minimum absolute atomic E-state index is 0.0170. The summed E-state index contributed by atoms with van der Waals surface area (Å²) in [4.78, 5) is 24.5. The molecule has 0 bridgehead atoms. The maximum absolute atomic E-state index is 13.4. The molecule has 9 heteroatoms. The van der Waals surface area contributed by atoms with Crippen LogP contribution in [0.15, 0.2) is 36.4 Å². The van der Waals surface area contributed by atoms with Crippen molar-refractivity contribution in [1.82, 2.24) is 0 Å². The van der Waals surface area contributed by atoms with Crippen LogP contribution in [0, 0.1) is 11.6 Å². The van der Waals surface area contributed by atoms with Crippen molar-refractivity contribution in [1.29, 1.82) is 0 Å². The van der Waals surface area contributed by atoms with Crippen LogP contribution in [0.1, 0.15) is 17.9 Å². The summed E-state index contributed by atoms with van der Waals surface area (Å²) in [5.41, 5.74) is 0.571. The summed E-state index contributed by atoms with van der Waals surface area (Å²) in [5, 5.41) is 4.94. The van der Waals surface area contributed by atoms with Crippen LogP contribution in [0.2, 0.25) is 0 Å². The van der Waals surface area contributed by atoms with Crippen molar-refractivity contribution in [3.63, 3.8) is 0 Å². The minimum atomic E-state index is -2.78. The number of fused-ring (bicyclic) bond motifs is 1. The van der Waals surface area contributed by atoms with E-state index in [-0.39, 0.29) is 23.5 Å². The first-order chi connectivity index (χ1) is 12.8. The van der Waals surface area contributed by atoms with E-state index in [9.17, 15) is 27.2 Å². The van der Waals surface area contributed by atoms with Crippen LogP contribution in [0.25, 0.3) is 0 Å². The lowest BCUT2D eigenvalue weighted by Gasteiger charge is -2.25. The van der Waals surface area contributed by atoms with Gasteiger partial charge in [-0.3, -0.25) is 9.59 Å². The Hall–Kier alpha value is -3.10. The van der Waals surface area contributed by atoms with Crippen LogP contribution in [0.4, 0.5) is 28.9 Å². The third-order valence-electron chi connectivity index (χ3n) is 3.94. The number of benzene rings is 2. The molecule has 2 aromatic carbocycles. The number of hydrogen-bond donors (Lipinski definition) is 2. The summed E-state index contributed by atoms with van der Waals surface area (Å²) < 4.78 is 56.3. The lowest BCUT2D eigenvalue weighted by Crippen LogP contribution is -2.31. The summed E-state index contributed by atoms with van der Waals surface area (Å²) in [7, 11) is 0. The SMILES string of the molecule is O=C1CC(C(=O)Nc2ccc(F)cc2OCC(F)F)c2ccc(F)cc2N1. The molecule has 2 N–H and O–H groups in total. The Balaban J connectivity index is 1.85. The highest BCUT2D eigenvalue weighted by Crippen LogP contribution is 2.35. The van der Waals surface area contributed by atoms with Crippen molar-refractivity contribution in [3.8, 4) is 5.75 Å². The molecule has 1 heterocycles. The van der Waals surface area contributed by atoms with E-state index in [0.717, 1.165) is 24.3 Å². The van der Waals surface area contributed by atoms with E-state index in [1.807, 2.05) is 0 Å². The fourth-order valence-corrected chi connectivity index (χ4v) is 2.76. The van der Waals surface area contributed by atoms with Gasteiger partial charge in [0.2, 0.25) is 11.8 Å². The fourth-order valence-electron chi connectivity index (χ4n) is 2.76. The highest BCUT2D eigenvalue weighted by atomic mass is 19.3. The van der Waals surface area contributed by atoms with Gasteiger partial charge in [0, 0.05) is 18.2 Å². The molecule has 1 aliphatic heterocycles. The number of alkyl halides is 2. The normalized spacial score (nSPS) is 15.9. The van der Waals surface area contributed by atoms with Gasteiger partial charge in [0.15, 0.2) is 0 Å². The largest absolute Gasteiger partial charge is 0.485 e. The average molecular weight is 382 g/mol. The zero-order chi connectivity index (χ0) is 19.6. The van der Waals surface area contributed by atoms with Crippen molar-refractivity contribution in [2.75, 3.05) is 17.2 Å². The maximum atomic E-state index is 13.4. The van der Waals surface area contributed by atoms with E-state index in [0.29, 0.717) is 5.56 Å². The van der Waals surface area contributed by atoms with Gasteiger partial charge in [-0.2, -0.15) is 0 Å². The first-order valence-corrected chi connectivity index (χ1v) is 7.94. The number of rotatable bonds is 5. The molecule has 0 saturated carbocycles. The van der Waals surface area contributed by atoms with Crippen molar-refractivity contribution in [2.24, 2.45) is 0 Å². The number of amides is 2. The van der Waals surface area contributed by atoms with E-state index < -0.39 is 42.4 Å². The molecule has 1 unspecified atom stereocenters. The number of carbonyl (C=O) groups is 2. The predicted octanol–water partition coefficient (Wildman–Crippen LogP) is 3.67. The standard InChI is InChI=1S/C18H14F4N2O3/c19-9-1-3-11-12(7-17(25)23-14(11)5-9)18(26)24-13-4-2-10(20)6-15(13)27-8-16(21)22/h1-6,12,16H,7-8H2,(H,23,25)(H,24,26). The second kappa shape index (κ2) is 7.65. The first-order valence-electron chi connectivity index (χ1n) is 7.94. The molecule has 2 aromatic rings.